The van der Waals surface area contributed by atoms with Crippen LogP contribution in [-0.2, 0) is 0 Å². The Balaban J connectivity index is 1.97. The molecule has 20 heavy (non-hydrogen) atoms. The molecule has 0 atom stereocenters. The van der Waals surface area contributed by atoms with Gasteiger partial charge in [0.25, 0.3) is 5.91 Å². The lowest BCUT2D eigenvalue weighted by atomic mass is 10.2. The lowest BCUT2D eigenvalue weighted by Crippen LogP contribution is -2.34. The minimum absolute atomic E-state index is 0.241. The Bertz CT molecular complexity index is 646. The van der Waals surface area contributed by atoms with Gasteiger partial charge in [0, 0.05) is 19.8 Å². The van der Waals surface area contributed by atoms with Crippen molar-refractivity contribution in [2.24, 2.45) is 0 Å². The molecule has 0 spiro atoms. The van der Waals surface area contributed by atoms with Crippen LogP contribution in [0, 0.1) is 3.57 Å². The molecule has 2 aromatic rings. The first-order valence-electron chi connectivity index (χ1n) is 5.68. The molecule has 0 aromatic heterocycles. The molecule has 0 saturated heterocycles. The second-order valence-corrected chi connectivity index (χ2v) is 6.02. The van der Waals surface area contributed by atoms with Crippen LogP contribution in [0.4, 0.5) is 5.69 Å². The molecule has 102 valence electrons. The molecule has 2 aromatic carbocycles. The Hall–Kier alpha value is -1.18. The van der Waals surface area contributed by atoms with Gasteiger partial charge in [0.15, 0.2) is 5.11 Å². The van der Waals surface area contributed by atoms with Gasteiger partial charge in [-0.1, -0.05) is 17.7 Å². The first-order chi connectivity index (χ1) is 9.54. The molecule has 0 bridgehead atoms. The highest BCUT2D eigenvalue weighted by Gasteiger charge is 2.08. The number of thiocarbonyl (C=S) groups is 1. The van der Waals surface area contributed by atoms with Crippen molar-refractivity contribution >= 4 is 63.1 Å². The van der Waals surface area contributed by atoms with Gasteiger partial charge in [-0.05, 0) is 77.3 Å². The maximum Gasteiger partial charge on any atom is 0.257 e. The zero-order valence-corrected chi connectivity index (χ0v) is 13.9. The Morgan fingerprint density at radius 1 is 1.15 bits per heavy atom. The quantitative estimate of drug-likeness (QED) is 0.573. The summed E-state index contributed by atoms with van der Waals surface area (Å²) in [6.07, 6.45) is 0. The minimum Gasteiger partial charge on any atom is -0.332 e. The number of anilines is 1. The number of amides is 1. The first kappa shape index (κ1) is 15.2. The highest BCUT2D eigenvalue weighted by atomic mass is 127. The van der Waals surface area contributed by atoms with Crippen LogP contribution in [0.5, 0.6) is 0 Å². The zero-order valence-electron chi connectivity index (χ0n) is 10.2. The number of carbonyl (C=O) groups excluding carboxylic acids is 1. The molecule has 3 nitrogen and oxygen atoms in total. The van der Waals surface area contributed by atoms with Crippen molar-refractivity contribution in [2.75, 3.05) is 5.32 Å². The largest absolute Gasteiger partial charge is 0.332 e. The zero-order chi connectivity index (χ0) is 14.5. The van der Waals surface area contributed by atoms with Crippen LogP contribution in [0.15, 0.2) is 48.5 Å². The fourth-order valence-electron chi connectivity index (χ4n) is 1.50. The van der Waals surface area contributed by atoms with Crippen molar-refractivity contribution in [3.8, 4) is 0 Å². The molecule has 0 fully saturated rings. The maximum atomic E-state index is 12.0. The number of carbonyl (C=O) groups is 1. The van der Waals surface area contributed by atoms with Crippen molar-refractivity contribution < 1.29 is 4.79 Å². The van der Waals surface area contributed by atoms with Crippen LogP contribution >= 0.6 is 46.4 Å². The third-order valence-corrected chi connectivity index (χ3v) is 3.54. The van der Waals surface area contributed by atoms with Crippen molar-refractivity contribution in [3.05, 3.63) is 62.7 Å². The van der Waals surface area contributed by atoms with E-state index < -0.39 is 0 Å². The highest BCUT2D eigenvalue weighted by Crippen LogP contribution is 2.13. The van der Waals surface area contributed by atoms with E-state index >= 15 is 0 Å². The molecule has 1 amide bonds. The van der Waals surface area contributed by atoms with Crippen LogP contribution in [-0.4, -0.2) is 11.0 Å². The topological polar surface area (TPSA) is 41.1 Å². The predicted molar refractivity (Wildman–Crippen MR) is 94.3 cm³/mol. The maximum absolute atomic E-state index is 12.0. The normalized spacial score (nSPS) is 9.90. The lowest BCUT2D eigenvalue weighted by molar-refractivity contribution is 0.0977. The van der Waals surface area contributed by atoms with E-state index in [-0.39, 0.29) is 11.0 Å². The number of benzene rings is 2. The average Bonchev–Trinajstić information content (AvgIpc) is 2.41. The third kappa shape index (κ3) is 4.43. The Morgan fingerprint density at radius 2 is 1.85 bits per heavy atom. The fraction of sp³-hybridized carbons (Fsp3) is 0. The van der Waals surface area contributed by atoms with Gasteiger partial charge in [-0.3, -0.25) is 10.1 Å². The highest BCUT2D eigenvalue weighted by molar-refractivity contribution is 14.1. The van der Waals surface area contributed by atoms with Gasteiger partial charge >= 0.3 is 0 Å². The van der Waals surface area contributed by atoms with E-state index in [9.17, 15) is 4.79 Å². The molecule has 2 N–H and O–H groups in total. The smallest absolute Gasteiger partial charge is 0.257 e. The molecule has 0 saturated carbocycles. The van der Waals surface area contributed by atoms with Crippen LogP contribution in [0.3, 0.4) is 0 Å². The summed E-state index contributed by atoms with van der Waals surface area (Å²) in [6.45, 7) is 0. The van der Waals surface area contributed by atoms with E-state index in [0.29, 0.717) is 10.6 Å². The summed E-state index contributed by atoms with van der Waals surface area (Å²) in [6, 6.07) is 14.3. The number of hydrogen-bond donors (Lipinski definition) is 2. The molecular formula is C14H10ClIN2OS. The second-order valence-electron chi connectivity index (χ2n) is 3.93. The summed E-state index contributed by atoms with van der Waals surface area (Å²) in [5, 5.41) is 6.44. The average molecular weight is 417 g/mol. The predicted octanol–water partition coefficient (Wildman–Crippen LogP) is 4.07. The van der Waals surface area contributed by atoms with Crippen molar-refractivity contribution in [1.29, 1.82) is 0 Å². The van der Waals surface area contributed by atoms with Gasteiger partial charge in [-0.2, -0.15) is 0 Å². The second kappa shape index (κ2) is 7.01. The van der Waals surface area contributed by atoms with Gasteiger partial charge in [0.2, 0.25) is 0 Å². The molecule has 0 unspecified atom stereocenters. The molecular weight excluding hydrogens is 407 g/mol. The molecule has 0 aliphatic rings. The monoisotopic (exact) mass is 416 g/mol. The Labute approximate surface area is 140 Å². The summed E-state index contributed by atoms with van der Waals surface area (Å²) in [5.74, 6) is -0.241. The molecule has 0 radical (unpaired) electrons. The number of rotatable bonds is 2. The van der Waals surface area contributed by atoms with E-state index in [0.717, 1.165) is 9.26 Å². The minimum atomic E-state index is -0.241. The van der Waals surface area contributed by atoms with Crippen LogP contribution in [0.2, 0.25) is 5.02 Å². The van der Waals surface area contributed by atoms with Gasteiger partial charge < -0.3 is 5.32 Å². The van der Waals surface area contributed by atoms with Crippen LogP contribution in [0.1, 0.15) is 10.4 Å². The number of hydrogen-bond acceptors (Lipinski definition) is 2. The Morgan fingerprint density at radius 3 is 2.50 bits per heavy atom. The SMILES string of the molecule is O=C(NC(=S)Nc1ccc(Cl)cc1)c1cccc(I)c1. The molecule has 0 heterocycles. The van der Waals surface area contributed by atoms with E-state index in [2.05, 4.69) is 33.2 Å². The third-order valence-electron chi connectivity index (χ3n) is 2.42. The summed E-state index contributed by atoms with van der Waals surface area (Å²) in [7, 11) is 0. The van der Waals surface area contributed by atoms with Crippen LogP contribution < -0.4 is 10.6 Å². The van der Waals surface area contributed by atoms with Gasteiger partial charge in [0.05, 0.1) is 0 Å². The van der Waals surface area contributed by atoms with Crippen LogP contribution in [0.25, 0.3) is 0 Å². The molecule has 0 aliphatic heterocycles. The first-order valence-corrected chi connectivity index (χ1v) is 7.54. The van der Waals surface area contributed by atoms with Gasteiger partial charge in [0.1, 0.15) is 0 Å². The molecule has 0 aliphatic carbocycles. The number of halogens is 2. The fourth-order valence-corrected chi connectivity index (χ4v) is 2.38. The molecule has 6 heteroatoms. The lowest BCUT2D eigenvalue weighted by Gasteiger charge is -2.09. The van der Waals surface area contributed by atoms with Crippen molar-refractivity contribution in [2.45, 2.75) is 0 Å². The standard InChI is InChI=1S/C14H10ClIN2OS/c15-10-4-6-12(7-5-10)17-14(20)18-13(19)9-2-1-3-11(16)8-9/h1-8H,(H2,17,18,19,20). The summed E-state index contributed by atoms with van der Waals surface area (Å²) in [4.78, 5) is 12.0. The van der Waals surface area contributed by atoms with E-state index in [1.807, 2.05) is 12.1 Å². The summed E-state index contributed by atoms with van der Waals surface area (Å²) < 4.78 is 0.992. The van der Waals surface area contributed by atoms with Gasteiger partial charge in [-0.15, -0.1) is 0 Å². The number of nitrogens with one attached hydrogen (secondary N) is 2. The van der Waals surface area contributed by atoms with E-state index in [1.165, 1.54) is 0 Å². The van der Waals surface area contributed by atoms with Crippen molar-refractivity contribution in [1.82, 2.24) is 5.32 Å². The summed E-state index contributed by atoms with van der Waals surface area (Å²) >= 11 is 13.0. The Kier molecular flexibility index (Phi) is 5.33. The van der Waals surface area contributed by atoms with Gasteiger partial charge in [-0.25, -0.2) is 0 Å². The van der Waals surface area contributed by atoms with E-state index in [1.54, 1.807) is 36.4 Å². The van der Waals surface area contributed by atoms with Crippen molar-refractivity contribution in [3.63, 3.8) is 0 Å². The molecule has 2 rings (SSSR count). The van der Waals surface area contributed by atoms with E-state index in [4.69, 9.17) is 23.8 Å². The summed E-state index contributed by atoms with van der Waals surface area (Å²) in [5.41, 5.74) is 1.33.